The van der Waals surface area contributed by atoms with Crippen LogP contribution < -0.4 is 15.4 Å². The van der Waals surface area contributed by atoms with Crippen LogP contribution in [0.4, 0.5) is 5.69 Å². The summed E-state index contributed by atoms with van der Waals surface area (Å²) in [6.45, 7) is -0.170. The van der Waals surface area contributed by atoms with Gasteiger partial charge in [0.25, 0.3) is 5.91 Å². The van der Waals surface area contributed by atoms with E-state index in [1.165, 1.54) is 0 Å². The summed E-state index contributed by atoms with van der Waals surface area (Å²) in [7, 11) is 0. The van der Waals surface area contributed by atoms with Gasteiger partial charge in [0.1, 0.15) is 5.75 Å². The number of benzene rings is 2. The van der Waals surface area contributed by atoms with Gasteiger partial charge in [0.05, 0.1) is 11.6 Å². The first kappa shape index (κ1) is 16.7. The van der Waals surface area contributed by atoms with E-state index in [-0.39, 0.29) is 17.6 Å². The largest absolute Gasteiger partial charge is 0.484 e. The second-order valence-corrected chi connectivity index (χ2v) is 5.28. The van der Waals surface area contributed by atoms with Crippen LogP contribution in [0.2, 0.25) is 5.02 Å². The van der Waals surface area contributed by atoms with Gasteiger partial charge >= 0.3 is 0 Å². The molecule has 0 aliphatic carbocycles. The minimum Gasteiger partial charge on any atom is -0.484 e. The third kappa shape index (κ3) is 5.58. The molecule has 2 aromatic rings. The first-order valence-electron chi connectivity index (χ1n) is 6.56. The van der Waals surface area contributed by atoms with E-state index in [1.807, 2.05) is 6.07 Å². The molecule has 0 aromatic heterocycles. The fourth-order valence-corrected chi connectivity index (χ4v) is 1.99. The zero-order valence-electron chi connectivity index (χ0n) is 11.9. The van der Waals surface area contributed by atoms with Crippen molar-refractivity contribution in [3.63, 3.8) is 0 Å². The molecular weight excluding hydrogens is 334 g/mol. The van der Waals surface area contributed by atoms with Crippen LogP contribution in [0.5, 0.6) is 5.75 Å². The Morgan fingerprint density at radius 3 is 2.43 bits per heavy atom. The molecule has 7 heteroatoms. The first-order chi connectivity index (χ1) is 11.1. The van der Waals surface area contributed by atoms with Crippen molar-refractivity contribution in [1.82, 2.24) is 5.32 Å². The van der Waals surface area contributed by atoms with E-state index in [9.17, 15) is 4.79 Å². The van der Waals surface area contributed by atoms with Crippen LogP contribution in [-0.2, 0) is 4.79 Å². The molecule has 2 aromatic carbocycles. The Morgan fingerprint density at radius 1 is 1.17 bits per heavy atom. The molecule has 0 radical (unpaired) electrons. The summed E-state index contributed by atoms with van der Waals surface area (Å²) < 4.78 is 5.31. The topological polar surface area (TPSA) is 74.2 Å². The van der Waals surface area contributed by atoms with E-state index in [0.29, 0.717) is 22.0 Å². The second kappa shape index (κ2) is 8.13. The van der Waals surface area contributed by atoms with Gasteiger partial charge < -0.3 is 10.1 Å². The van der Waals surface area contributed by atoms with Gasteiger partial charge in [-0.05, 0) is 60.7 Å². The highest BCUT2D eigenvalue weighted by atomic mass is 35.5. The fourth-order valence-electron chi connectivity index (χ4n) is 1.63. The zero-order chi connectivity index (χ0) is 16.7. The van der Waals surface area contributed by atoms with Crippen LogP contribution in [0.1, 0.15) is 5.56 Å². The average Bonchev–Trinajstić information content (AvgIpc) is 2.55. The molecule has 5 nitrogen and oxygen atoms in total. The molecule has 116 valence electrons. The molecule has 0 bridgehead atoms. The lowest BCUT2D eigenvalue weighted by Gasteiger charge is -2.10. The molecule has 0 aliphatic rings. The summed E-state index contributed by atoms with van der Waals surface area (Å²) in [6, 6.07) is 15.4. The number of nitrogens with one attached hydrogen (secondary N) is 2. The third-order valence-electron chi connectivity index (χ3n) is 2.71. The highest BCUT2D eigenvalue weighted by Crippen LogP contribution is 2.15. The quantitative estimate of drug-likeness (QED) is 0.833. The Bertz CT molecular complexity index is 739. The zero-order valence-corrected chi connectivity index (χ0v) is 13.4. The van der Waals surface area contributed by atoms with Crippen LogP contribution in [0.15, 0.2) is 48.5 Å². The molecular formula is C16H12ClN3O2S. The van der Waals surface area contributed by atoms with Crippen molar-refractivity contribution in [1.29, 1.82) is 5.26 Å². The van der Waals surface area contributed by atoms with E-state index in [4.69, 9.17) is 33.8 Å². The number of hydrogen-bond donors (Lipinski definition) is 2. The molecule has 0 fully saturated rings. The predicted octanol–water partition coefficient (Wildman–Crippen LogP) is 3.10. The van der Waals surface area contributed by atoms with Crippen molar-refractivity contribution in [2.24, 2.45) is 0 Å². The van der Waals surface area contributed by atoms with E-state index in [2.05, 4.69) is 10.6 Å². The maximum atomic E-state index is 11.8. The lowest BCUT2D eigenvalue weighted by Crippen LogP contribution is -2.37. The number of halogens is 1. The summed E-state index contributed by atoms with van der Waals surface area (Å²) in [5, 5.41) is 14.8. The molecule has 0 atom stereocenters. The minimum atomic E-state index is -0.383. The SMILES string of the molecule is N#Cc1ccc(NC(=S)NC(=O)COc2ccc(Cl)cc2)cc1. The smallest absolute Gasteiger partial charge is 0.264 e. The summed E-state index contributed by atoms with van der Waals surface area (Å²) in [5.74, 6) is 0.154. The van der Waals surface area contributed by atoms with Gasteiger partial charge in [-0.2, -0.15) is 5.26 Å². The number of hydrogen-bond acceptors (Lipinski definition) is 4. The van der Waals surface area contributed by atoms with Crippen LogP contribution in [0, 0.1) is 11.3 Å². The standard InChI is InChI=1S/C16H12ClN3O2S/c17-12-3-7-14(8-4-12)22-10-15(21)20-16(23)19-13-5-1-11(9-18)2-6-13/h1-8H,10H2,(H2,19,20,21,23). The van der Waals surface area contributed by atoms with E-state index < -0.39 is 0 Å². The number of thiocarbonyl (C=S) groups is 1. The summed E-state index contributed by atoms with van der Waals surface area (Å²) in [4.78, 5) is 11.8. The molecule has 2 N–H and O–H groups in total. The van der Waals surface area contributed by atoms with Crippen LogP contribution in [0.3, 0.4) is 0 Å². The lowest BCUT2D eigenvalue weighted by molar-refractivity contribution is -0.121. The van der Waals surface area contributed by atoms with E-state index in [0.717, 1.165) is 0 Å². The summed E-state index contributed by atoms with van der Waals surface area (Å²) in [6.07, 6.45) is 0. The van der Waals surface area contributed by atoms with Gasteiger partial charge in [-0.1, -0.05) is 11.6 Å². The van der Waals surface area contributed by atoms with E-state index >= 15 is 0 Å². The Morgan fingerprint density at radius 2 is 1.83 bits per heavy atom. The highest BCUT2D eigenvalue weighted by Gasteiger charge is 2.06. The normalized spacial score (nSPS) is 9.57. The Balaban J connectivity index is 1.78. The number of carbonyl (C=O) groups is 1. The second-order valence-electron chi connectivity index (χ2n) is 4.43. The van der Waals surface area contributed by atoms with Crippen LogP contribution in [-0.4, -0.2) is 17.6 Å². The molecule has 0 spiro atoms. The van der Waals surface area contributed by atoms with Crippen molar-refractivity contribution in [2.45, 2.75) is 0 Å². The van der Waals surface area contributed by atoms with Gasteiger partial charge in [0.15, 0.2) is 11.7 Å². The third-order valence-corrected chi connectivity index (χ3v) is 3.16. The van der Waals surface area contributed by atoms with Gasteiger partial charge in [0, 0.05) is 10.7 Å². The monoisotopic (exact) mass is 345 g/mol. The Hall–Kier alpha value is -2.62. The van der Waals surface area contributed by atoms with Crippen molar-refractivity contribution in [2.75, 3.05) is 11.9 Å². The Kier molecular flexibility index (Phi) is 5.92. The maximum Gasteiger partial charge on any atom is 0.264 e. The molecule has 2 rings (SSSR count). The minimum absolute atomic E-state index is 0.152. The van der Waals surface area contributed by atoms with E-state index in [1.54, 1.807) is 48.5 Å². The number of amides is 1. The predicted molar refractivity (Wildman–Crippen MR) is 92.5 cm³/mol. The van der Waals surface area contributed by atoms with Crippen molar-refractivity contribution < 1.29 is 9.53 Å². The van der Waals surface area contributed by atoms with Gasteiger partial charge in [-0.3, -0.25) is 10.1 Å². The number of ether oxygens (including phenoxy) is 1. The van der Waals surface area contributed by atoms with Crippen LogP contribution in [0.25, 0.3) is 0 Å². The lowest BCUT2D eigenvalue weighted by atomic mass is 10.2. The molecule has 0 saturated heterocycles. The van der Waals surface area contributed by atoms with Crippen molar-refractivity contribution in [3.8, 4) is 11.8 Å². The maximum absolute atomic E-state index is 11.8. The molecule has 23 heavy (non-hydrogen) atoms. The molecule has 0 heterocycles. The van der Waals surface area contributed by atoms with Crippen molar-refractivity contribution >= 4 is 40.5 Å². The van der Waals surface area contributed by atoms with Crippen molar-refractivity contribution in [3.05, 3.63) is 59.1 Å². The summed E-state index contributed by atoms with van der Waals surface area (Å²) >= 11 is 10.8. The molecule has 0 aliphatic heterocycles. The van der Waals surface area contributed by atoms with Crippen LogP contribution >= 0.6 is 23.8 Å². The number of anilines is 1. The number of nitriles is 1. The number of carbonyl (C=O) groups excluding carboxylic acids is 1. The highest BCUT2D eigenvalue weighted by molar-refractivity contribution is 7.80. The fraction of sp³-hybridized carbons (Fsp3) is 0.0625. The first-order valence-corrected chi connectivity index (χ1v) is 7.35. The molecule has 1 amide bonds. The van der Waals surface area contributed by atoms with Gasteiger partial charge in [-0.15, -0.1) is 0 Å². The molecule has 0 unspecified atom stereocenters. The van der Waals surface area contributed by atoms with Gasteiger partial charge in [0.2, 0.25) is 0 Å². The number of nitrogens with zero attached hydrogens (tertiary/aromatic N) is 1. The molecule has 0 saturated carbocycles. The average molecular weight is 346 g/mol. The summed E-state index contributed by atoms with van der Waals surface area (Å²) in [5.41, 5.74) is 1.22. The number of rotatable bonds is 4. The van der Waals surface area contributed by atoms with Gasteiger partial charge in [-0.25, -0.2) is 0 Å². The Labute approximate surface area is 143 Å².